The largest absolute Gasteiger partial charge is 0.411 e. The highest BCUT2D eigenvalue weighted by atomic mass is 28.4. The van der Waals surface area contributed by atoms with Gasteiger partial charge in [-0.3, -0.25) is 0 Å². The van der Waals surface area contributed by atoms with Crippen molar-refractivity contribution in [3.63, 3.8) is 0 Å². The molecule has 0 aromatic heterocycles. The lowest BCUT2D eigenvalue weighted by molar-refractivity contribution is 0.177. The second-order valence-electron chi connectivity index (χ2n) is 6.22. The molecule has 0 spiro atoms. The van der Waals surface area contributed by atoms with Crippen molar-refractivity contribution in [1.82, 2.24) is 0 Å². The first-order valence-electron chi connectivity index (χ1n) is 8.37. The van der Waals surface area contributed by atoms with Crippen LogP contribution in [-0.4, -0.2) is 14.4 Å². The van der Waals surface area contributed by atoms with Crippen molar-refractivity contribution in [2.24, 2.45) is 0 Å². The molecule has 2 heteroatoms. The van der Waals surface area contributed by atoms with Crippen LogP contribution >= 0.6 is 0 Å². The lowest BCUT2D eigenvalue weighted by Gasteiger charge is -2.26. The molecule has 0 saturated carbocycles. The fourth-order valence-electron chi connectivity index (χ4n) is 2.33. The summed E-state index contributed by atoms with van der Waals surface area (Å²) < 4.78 is 6.22. The molecule has 1 nitrogen and oxygen atoms in total. The number of hydrogen-bond donors (Lipinski definition) is 0. The Morgan fingerprint density at radius 2 is 1.47 bits per heavy atom. The van der Waals surface area contributed by atoms with Crippen LogP contribution < -0.4 is 0 Å². The summed E-state index contributed by atoms with van der Waals surface area (Å²) in [5.41, 5.74) is 2.05. The fraction of sp³-hybridized carbons (Fsp3) is 0.882. The molecule has 19 heavy (non-hydrogen) atoms. The molecule has 114 valence electrons. The average molecular weight is 285 g/mol. The predicted octanol–water partition coefficient (Wildman–Crippen LogP) is 6.24. The Morgan fingerprint density at radius 1 is 0.947 bits per heavy atom. The van der Waals surface area contributed by atoms with Crippen molar-refractivity contribution in [1.29, 1.82) is 0 Å². The third-order valence-electron chi connectivity index (χ3n) is 3.80. The van der Waals surface area contributed by atoms with Gasteiger partial charge in [-0.05, 0) is 25.9 Å². The Morgan fingerprint density at radius 3 is 1.95 bits per heavy atom. The van der Waals surface area contributed by atoms with E-state index in [0.29, 0.717) is 6.10 Å². The molecule has 0 aromatic carbocycles. The zero-order valence-corrected chi connectivity index (χ0v) is 14.8. The van der Waals surface area contributed by atoms with Crippen molar-refractivity contribution in [3.8, 4) is 0 Å². The highest BCUT2D eigenvalue weighted by molar-refractivity contribution is 6.76. The molecule has 0 fully saturated rings. The second kappa shape index (κ2) is 11.7. The summed E-state index contributed by atoms with van der Waals surface area (Å²) in [4.78, 5) is 0. The minimum absolute atomic E-state index is 0.458. The molecule has 1 unspecified atom stereocenters. The van der Waals surface area contributed by atoms with Gasteiger partial charge in [0.15, 0.2) is 0 Å². The molecule has 0 radical (unpaired) electrons. The molecule has 0 saturated heterocycles. The van der Waals surface area contributed by atoms with Crippen molar-refractivity contribution in [2.45, 2.75) is 97.3 Å². The molecule has 0 rings (SSSR count). The van der Waals surface area contributed by atoms with Gasteiger partial charge in [-0.1, -0.05) is 70.9 Å². The maximum absolute atomic E-state index is 6.22. The van der Waals surface area contributed by atoms with Gasteiger partial charge in [0.1, 0.15) is 0 Å². The molecule has 0 amide bonds. The van der Waals surface area contributed by atoms with Crippen molar-refractivity contribution >= 4 is 8.32 Å². The smallest absolute Gasteiger partial charge is 0.210 e. The van der Waals surface area contributed by atoms with Gasteiger partial charge in [-0.15, -0.1) is 6.58 Å². The monoisotopic (exact) mass is 284 g/mol. The number of hydrogen-bond acceptors (Lipinski definition) is 1. The molecule has 0 aliphatic heterocycles. The van der Waals surface area contributed by atoms with E-state index in [1.165, 1.54) is 57.8 Å². The van der Waals surface area contributed by atoms with Crippen LogP contribution in [0.1, 0.15) is 78.1 Å². The van der Waals surface area contributed by atoms with Gasteiger partial charge in [0, 0.05) is 6.10 Å². The van der Waals surface area contributed by atoms with Gasteiger partial charge >= 0.3 is 0 Å². The molecule has 0 aromatic rings. The third kappa shape index (κ3) is 11.4. The lowest BCUT2D eigenvalue weighted by Crippen LogP contribution is -2.33. The van der Waals surface area contributed by atoms with E-state index < -0.39 is 8.32 Å². The van der Waals surface area contributed by atoms with E-state index in [4.69, 9.17) is 4.43 Å². The van der Waals surface area contributed by atoms with E-state index in [1.54, 1.807) is 0 Å². The van der Waals surface area contributed by atoms with Crippen LogP contribution in [0.25, 0.3) is 0 Å². The standard InChI is InChI=1S/C17H36OSi/c1-6-9-10-11-12-13-14-15-16-17(7-2)18-19(4,5)8-3/h8,17H,3,6-7,9-16H2,1-2,4-5H3. The molecule has 0 heterocycles. The summed E-state index contributed by atoms with van der Waals surface area (Å²) in [6.45, 7) is 12.9. The number of rotatable bonds is 13. The van der Waals surface area contributed by atoms with Crippen LogP contribution in [0.2, 0.25) is 13.1 Å². The maximum Gasteiger partial charge on any atom is 0.210 e. The van der Waals surface area contributed by atoms with Crippen LogP contribution in [0.5, 0.6) is 0 Å². The van der Waals surface area contributed by atoms with Crippen LogP contribution in [0.4, 0.5) is 0 Å². The Labute approximate surface area is 123 Å². The Hall–Kier alpha value is -0.0831. The summed E-state index contributed by atoms with van der Waals surface area (Å²) >= 11 is 0. The number of unbranched alkanes of at least 4 members (excludes halogenated alkanes) is 7. The summed E-state index contributed by atoms with van der Waals surface area (Å²) in [5, 5.41) is 0. The van der Waals surface area contributed by atoms with Crippen LogP contribution in [-0.2, 0) is 4.43 Å². The summed E-state index contributed by atoms with van der Waals surface area (Å²) in [7, 11) is -1.59. The van der Waals surface area contributed by atoms with E-state index in [-0.39, 0.29) is 0 Å². The van der Waals surface area contributed by atoms with Gasteiger partial charge in [-0.2, -0.15) is 0 Å². The van der Waals surface area contributed by atoms with Crippen molar-refractivity contribution < 1.29 is 4.43 Å². The first kappa shape index (κ1) is 18.9. The third-order valence-corrected chi connectivity index (χ3v) is 5.72. The van der Waals surface area contributed by atoms with Gasteiger partial charge < -0.3 is 4.43 Å². The average Bonchev–Trinajstić information content (AvgIpc) is 2.40. The molecule has 0 aliphatic rings. The molecule has 0 aliphatic carbocycles. The Balaban J connectivity index is 3.54. The molecule has 0 bridgehead atoms. The fourth-order valence-corrected chi connectivity index (χ4v) is 3.57. The van der Waals surface area contributed by atoms with Gasteiger partial charge in [0.05, 0.1) is 0 Å². The summed E-state index contributed by atoms with van der Waals surface area (Å²) in [6, 6.07) is 0. The molecular formula is C17H36OSi. The van der Waals surface area contributed by atoms with Gasteiger partial charge in [-0.25, -0.2) is 0 Å². The minimum Gasteiger partial charge on any atom is -0.411 e. The molecule has 1 atom stereocenters. The zero-order valence-electron chi connectivity index (χ0n) is 13.8. The van der Waals surface area contributed by atoms with Gasteiger partial charge in [0.2, 0.25) is 8.32 Å². The van der Waals surface area contributed by atoms with Crippen LogP contribution in [0.3, 0.4) is 0 Å². The van der Waals surface area contributed by atoms with E-state index in [2.05, 4.69) is 33.5 Å². The first-order chi connectivity index (χ1) is 9.05. The lowest BCUT2D eigenvalue weighted by atomic mass is 10.0. The van der Waals surface area contributed by atoms with E-state index in [0.717, 1.165) is 6.42 Å². The highest BCUT2D eigenvalue weighted by Crippen LogP contribution is 2.17. The Bertz CT molecular complexity index is 213. The van der Waals surface area contributed by atoms with E-state index in [9.17, 15) is 0 Å². The van der Waals surface area contributed by atoms with Gasteiger partial charge in [0.25, 0.3) is 0 Å². The van der Waals surface area contributed by atoms with E-state index >= 15 is 0 Å². The highest BCUT2D eigenvalue weighted by Gasteiger charge is 2.21. The minimum atomic E-state index is -1.59. The van der Waals surface area contributed by atoms with Crippen molar-refractivity contribution in [3.05, 3.63) is 12.3 Å². The molecule has 0 N–H and O–H groups in total. The summed E-state index contributed by atoms with van der Waals surface area (Å²) in [5.74, 6) is 0. The van der Waals surface area contributed by atoms with E-state index in [1.807, 2.05) is 5.70 Å². The SMILES string of the molecule is C=C[Si](C)(C)OC(CC)CCCCCCCCCC. The second-order valence-corrected chi connectivity index (χ2v) is 10.1. The topological polar surface area (TPSA) is 9.23 Å². The normalized spacial score (nSPS) is 13.5. The summed E-state index contributed by atoms with van der Waals surface area (Å²) in [6.07, 6.45) is 14.0. The van der Waals surface area contributed by atoms with Crippen LogP contribution in [0.15, 0.2) is 12.3 Å². The predicted molar refractivity (Wildman–Crippen MR) is 90.1 cm³/mol. The van der Waals surface area contributed by atoms with Crippen LogP contribution in [0, 0.1) is 0 Å². The van der Waals surface area contributed by atoms with Crippen molar-refractivity contribution in [2.75, 3.05) is 0 Å². The zero-order chi connectivity index (χ0) is 14.6. The first-order valence-corrected chi connectivity index (χ1v) is 11.4. The Kier molecular flexibility index (Phi) is 11.7. The quantitative estimate of drug-likeness (QED) is 0.287. The maximum atomic E-state index is 6.22. The molecular weight excluding hydrogens is 248 g/mol.